The zero-order valence-electron chi connectivity index (χ0n) is 7.14. The van der Waals surface area contributed by atoms with Crippen molar-refractivity contribution in [3.63, 3.8) is 0 Å². The molecule has 0 atom stereocenters. The maximum atomic E-state index is 11.2. The molecule has 0 bridgehead atoms. The molecule has 1 fully saturated rings. The third-order valence-corrected chi connectivity index (χ3v) is 3.38. The number of amides is 3. The van der Waals surface area contributed by atoms with Gasteiger partial charge in [-0.05, 0) is 37.9 Å². The lowest BCUT2D eigenvalue weighted by atomic mass is 10.3. The maximum Gasteiger partial charge on any atom is 0.326 e. The van der Waals surface area contributed by atoms with Crippen LogP contribution < -0.4 is 10.6 Å². The molecule has 2 N–H and O–H groups in total. The molecule has 0 saturated carbocycles. The minimum Gasteiger partial charge on any atom is -0.449 e. The second-order valence-corrected chi connectivity index (χ2v) is 4.31. The van der Waals surface area contributed by atoms with E-state index >= 15 is 0 Å². The van der Waals surface area contributed by atoms with Crippen LogP contribution in [0, 0.1) is 0 Å². The summed E-state index contributed by atoms with van der Waals surface area (Å²) in [5, 5.41) is 4.44. The zero-order chi connectivity index (χ0) is 11.0. The predicted octanol–water partition coefficient (Wildman–Crippen LogP) is 1.98. The lowest BCUT2D eigenvalue weighted by molar-refractivity contribution is -0.115. The van der Waals surface area contributed by atoms with Crippen molar-refractivity contribution >= 4 is 49.9 Å². The van der Waals surface area contributed by atoms with Crippen molar-refractivity contribution in [3.05, 3.63) is 26.7 Å². The first-order chi connectivity index (χ1) is 7.06. The Kier molecular flexibility index (Phi) is 2.66. The van der Waals surface area contributed by atoms with Crippen molar-refractivity contribution in [2.45, 2.75) is 0 Å². The first-order valence-electron chi connectivity index (χ1n) is 3.85. The Morgan fingerprint density at radius 3 is 2.47 bits per heavy atom. The van der Waals surface area contributed by atoms with Gasteiger partial charge in [0.25, 0.3) is 5.91 Å². The van der Waals surface area contributed by atoms with E-state index in [-0.39, 0.29) is 5.70 Å². The molecule has 1 aromatic rings. The summed E-state index contributed by atoms with van der Waals surface area (Å²) in [5.41, 5.74) is 0.161. The van der Waals surface area contributed by atoms with Gasteiger partial charge in [-0.2, -0.15) is 0 Å². The second-order valence-electron chi connectivity index (χ2n) is 2.74. The van der Waals surface area contributed by atoms with Gasteiger partial charge in [0, 0.05) is 6.08 Å². The summed E-state index contributed by atoms with van der Waals surface area (Å²) in [6, 6.07) is 1.14. The van der Waals surface area contributed by atoms with Crippen molar-refractivity contribution < 1.29 is 14.0 Å². The van der Waals surface area contributed by atoms with Crippen LogP contribution in [-0.4, -0.2) is 11.9 Å². The Balaban J connectivity index is 2.30. The van der Waals surface area contributed by atoms with Crippen LogP contribution in [0.2, 0.25) is 0 Å². The number of rotatable bonds is 1. The quantitative estimate of drug-likeness (QED) is 0.609. The van der Waals surface area contributed by atoms with Crippen LogP contribution in [0.4, 0.5) is 4.79 Å². The van der Waals surface area contributed by atoms with Gasteiger partial charge in [-0.3, -0.25) is 10.1 Å². The predicted molar refractivity (Wildman–Crippen MR) is 58.8 cm³/mol. The van der Waals surface area contributed by atoms with Gasteiger partial charge < -0.3 is 9.73 Å². The van der Waals surface area contributed by atoms with Crippen LogP contribution in [0.1, 0.15) is 5.76 Å². The van der Waals surface area contributed by atoms with E-state index in [2.05, 4.69) is 42.5 Å². The molecule has 5 nitrogen and oxygen atoms in total. The van der Waals surface area contributed by atoms with E-state index in [1.165, 1.54) is 6.08 Å². The number of hydrogen-bond donors (Lipinski definition) is 2. The molecule has 1 saturated heterocycles. The summed E-state index contributed by atoms with van der Waals surface area (Å²) in [6.45, 7) is 0. The van der Waals surface area contributed by atoms with Crippen molar-refractivity contribution in [2.75, 3.05) is 0 Å². The fraction of sp³-hybridized carbons (Fsp3) is 0. The highest BCUT2D eigenvalue weighted by atomic mass is 79.9. The molecule has 15 heavy (non-hydrogen) atoms. The topological polar surface area (TPSA) is 71.3 Å². The van der Waals surface area contributed by atoms with Gasteiger partial charge >= 0.3 is 6.03 Å². The van der Waals surface area contributed by atoms with Crippen LogP contribution in [-0.2, 0) is 4.79 Å². The van der Waals surface area contributed by atoms with Crippen molar-refractivity contribution in [1.29, 1.82) is 0 Å². The van der Waals surface area contributed by atoms with Crippen molar-refractivity contribution in [2.24, 2.45) is 0 Å². The van der Waals surface area contributed by atoms with Gasteiger partial charge in [0.1, 0.15) is 11.5 Å². The normalized spacial score (nSPS) is 18.1. The first kappa shape index (κ1) is 10.4. The minimum atomic E-state index is -0.532. The highest BCUT2D eigenvalue weighted by Crippen LogP contribution is 2.27. The van der Waals surface area contributed by atoms with Gasteiger partial charge in [0.15, 0.2) is 4.67 Å². The molecule has 2 rings (SSSR count). The SMILES string of the molecule is O=C1NC(=O)/C(=C\c2cc(Br)c(Br)o2)N1. The van der Waals surface area contributed by atoms with Crippen LogP contribution >= 0.6 is 31.9 Å². The lowest BCUT2D eigenvalue weighted by Gasteiger charge is -1.90. The third-order valence-electron chi connectivity index (χ3n) is 1.67. The molecule has 0 aliphatic carbocycles. The lowest BCUT2D eigenvalue weighted by Crippen LogP contribution is -2.22. The number of furan rings is 1. The molecule has 0 unspecified atom stereocenters. The van der Waals surface area contributed by atoms with E-state index in [1.54, 1.807) is 6.07 Å². The molecule has 1 aliphatic heterocycles. The number of carbonyl (C=O) groups excluding carboxylic acids is 2. The minimum absolute atomic E-state index is 0.161. The van der Waals surface area contributed by atoms with E-state index in [0.717, 1.165) is 4.47 Å². The summed E-state index contributed by atoms with van der Waals surface area (Å²) in [4.78, 5) is 21.9. The second kappa shape index (κ2) is 3.82. The average Bonchev–Trinajstić information content (AvgIpc) is 2.59. The highest BCUT2D eigenvalue weighted by Gasteiger charge is 2.23. The van der Waals surface area contributed by atoms with Crippen LogP contribution in [0.25, 0.3) is 6.08 Å². The fourth-order valence-corrected chi connectivity index (χ4v) is 1.67. The van der Waals surface area contributed by atoms with Crippen molar-refractivity contribution in [3.8, 4) is 0 Å². The maximum absolute atomic E-state index is 11.2. The van der Waals surface area contributed by atoms with E-state index < -0.39 is 11.9 Å². The first-order valence-corrected chi connectivity index (χ1v) is 5.44. The number of nitrogens with one attached hydrogen (secondary N) is 2. The molecule has 1 aromatic heterocycles. The molecule has 0 aromatic carbocycles. The average molecular weight is 336 g/mol. The molecule has 0 spiro atoms. The Morgan fingerprint density at radius 2 is 2.00 bits per heavy atom. The van der Waals surface area contributed by atoms with E-state index in [4.69, 9.17) is 4.42 Å². The largest absolute Gasteiger partial charge is 0.449 e. The number of imide groups is 1. The molecule has 3 amide bonds. The van der Waals surface area contributed by atoms with Crippen LogP contribution in [0.15, 0.2) is 25.3 Å². The van der Waals surface area contributed by atoms with E-state index in [1.807, 2.05) is 0 Å². The van der Waals surface area contributed by atoms with Gasteiger partial charge in [0.2, 0.25) is 0 Å². The number of carbonyl (C=O) groups is 2. The Hall–Kier alpha value is -1.08. The monoisotopic (exact) mass is 334 g/mol. The summed E-state index contributed by atoms with van der Waals surface area (Å²) in [5.74, 6) is -0.00950. The Labute approximate surface area is 101 Å². The number of urea groups is 1. The summed E-state index contributed by atoms with van der Waals surface area (Å²) in [7, 11) is 0. The Morgan fingerprint density at radius 1 is 1.27 bits per heavy atom. The number of hydrogen-bond acceptors (Lipinski definition) is 3. The van der Waals surface area contributed by atoms with Gasteiger partial charge in [-0.15, -0.1) is 0 Å². The summed E-state index contributed by atoms with van der Waals surface area (Å²) < 4.78 is 6.48. The molecular weight excluding hydrogens is 332 g/mol. The standard InChI is InChI=1S/C8H4Br2N2O3/c9-4-1-3(15-6(4)10)2-5-7(13)12-8(14)11-5/h1-2H,(H2,11,12,13,14)/b5-2+. The number of halogens is 2. The molecular formula is C8H4Br2N2O3. The molecule has 7 heteroatoms. The van der Waals surface area contributed by atoms with Crippen LogP contribution in [0.5, 0.6) is 0 Å². The van der Waals surface area contributed by atoms with Crippen molar-refractivity contribution in [1.82, 2.24) is 10.6 Å². The van der Waals surface area contributed by atoms with E-state index in [0.29, 0.717) is 10.4 Å². The third kappa shape index (κ3) is 2.13. The van der Waals surface area contributed by atoms with Gasteiger partial charge in [-0.1, -0.05) is 0 Å². The molecule has 1 aliphatic rings. The summed E-state index contributed by atoms with van der Waals surface area (Å²) >= 11 is 6.40. The van der Waals surface area contributed by atoms with Gasteiger partial charge in [0.05, 0.1) is 4.47 Å². The fourth-order valence-electron chi connectivity index (χ4n) is 1.06. The highest BCUT2D eigenvalue weighted by molar-refractivity contribution is 9.13. The van der Waals surface area contributed by atoms with Crippen LogP contribution in [0.3, 0.4) is 0 Å². The Bertz CT molecular complexity index is 459. The van der Waals surface area contributed by atoms with E-state index in [9.17, 15) is 9.59 Å². The molecule has 0 radical (unpaired) electrons. The molecule has 2 heterocycles. The zero-order valence-corrected chi connectivity index (χ0v) is 10.3. The summed E-state index contributed by atoms with van der Waals surface area (Å²) in [6.07, 6.45) is 1.44. The smallest absolute Gasteiger partial charge is 0.326 e. The van der Waals surface area contributed by atoms with Gasteiger partial charge in [-0.25, -0.2) is 4.79 Å². The molecule has 78 valence electrons.